The minimum Gasteiger partial charge on any atom is -0.328 e. The van der Waals surface area contributed by atoms with Gasteiger partial charge >= 0.3 is 6.03 Å². The molecule has 0 aliphatic heterocycles. The van der Waals surface area contributed by atoms with Gasteiger partial charge in [-0.15, -0.1) is 0 Å². The van der Waals surface area contributed by atoms with Crippen molar-refractivity contribution in [1.82, 2.24) is 9.88 Å². The molecule has 1 atom stereocenters. The number of carbonyl (C=O) groups is 1. The van der Waals surface area contributed by atoms with E-state index in [1.807, 2.05) is 6.92 Å². The highest BCUT2D eigenvalue weighted by molar-refractivity contribution is 6.31. The van der Waals surface area contributed by atoms with Gasteiger partial charge in [-0.2, -0.15) is 0 Å². The van der Waals surface area contributed by atoms with Crippen LogP contribution in [-0.4, -0.2) is 23.0 Å². The Kier molecular flexibility index (Phi) is 5.39. The molecule has 1 unspecified atom stereocenters. The number of hydrogen-bond donors (Lipinski definition) is 2. The van der Waals surface area contributed by atoms with Gasteiger partial charge in [-0.05, 0) is 48.2 Å². The van der Waals surface area contributed by atoms with E-state index in [2.05, 4.69) is 10.3 Å². The highest BCUT2D eigenvalue weighted by Crippen LogP contribution is 2.27. The minimum atomic E-state index is -0.560. The standard InChI is InChI=1S/C19H16Cl2FN3O2/c1-10(15-9-23-18(26)14-7-11(20)3-5-13(14)15)25(2)19(27)24-12-4-6-17(22)16(21)8-12/h3-10H,1-2H3,(H,23,26)(H,24,27). The molecular weight excluding hydrogens is 392 g/mol. The van der Waals surface area contributed by atoms with Crippen molar-refractivity contribution in [3.8, 4) is 0 Å². The number of nitrogens with zero attached hydrogens (tertiary/aromatic N) is 1. The Morgan fingerprint density at radius 1 is 1.19 bits per heavy atom. The van der Waals surface area contributed by atoms with E-state index in [0.29, 0.717) is 21.5 Å². The van der Waals surface area contributed by atoms with E-state index in [-0.39, 0.29) is 16.6 Å². The molecule has 1 aromatic heterocycles. The Balaban J connectivity index is 1.88. The number of fused-ring (bicyclic) bond motifs is 1. The summed E-state index contributed by atoms with van der Waals surface area (Å²) < 4.78 is 13.3. The summed E-state index contributed by atoms with van der Waals surface area (Å²) in [5.74, 6) is -0.560. The molecule has 2 N–H and O–H groups in total. The van der Waals surface area contributed by atoms with Crippen molar-refractivity contribution in [2.75, 3.05) is 12.4 Å². The first kappa shape index (κ1) is 19.2. The summed E-state index contributed by atoms with van der Waals surface area (Å²) in [5, 5.41) is 4.21. The number of rotatable bonds is 3. The van der Waals surface area contributed by atoms with Crippen LogP contribution in [0.15, 0.2) is 47.4 Å². The van der Waals surface area contributed by atoms with Crippen LogP contribution in [-0.2, 0) is 0 Å². The summed E-state index contributed by atoms with van der Waals surface area (Å²) in [6.07, 6.45) is 1.59. The number of aromatic nitrogens is 1. The highest BCUT2D eigenvalue weighted by atomic mass is 35.5. The van der Waals surface area contributed by atoms with E-state index < -0.39 is 11.8 Å². The number of urea groups is 1. The lowest BCUT2D eigenvalue weighted by Gasteiger charge is -2.26. The van der Waals surface area contributed by atoms with Crippen LogP contribution in [0.25, 0.3) is 10.8 Å². The van der Waals surface area contributed by atoms with Crippen LogP contribution in [0.2, 0.25) is 10.0 Å². The highest BCUT2D eigenvalue weighted by Gasteiger charge is 2.20. The molecule has 0 radical (unpaired) electrons. The molecule has 0 aliphatic rings. The molecule has 0 spiro atoms. The Morgan fingerprint density at radius 2 is 1.93 bits per heavy atom. The summed E-state index contributed by atoms with van der Waals surface area (Å²) in [5.41, 5.74) is 0.885. The molecule has 0 aliphatic carbocycles. The van der Waals surface area contributed by atoms with Crippen LogP contribution < -0.4 is 10.9 Å². The fraction of sp³-hybridized carbons (Fsp3) is 0.158. The van der Waals surface area contributed by atoms with Gasteiger partial charge in [0.05, 0.1) is 11.1 Å². The van der Waals surface area contributed by atoms with Gasteiger partial charge < -0.3 is 15.2 Å². The van der Waals surface area contributed by atoms with E-state index in [4.69, 9.17) is 23.2 Å². The summed E-state index contributed by atoms with van der Waals surface area (Å²) in [6.45, 7) is 1.83. The van der Waals surface area contributed by atoms with Crippen molar-refractivity contribution in [3.63, 3.8) is 0 Å². The maximum absolute atomic E-state index is 13.3. The second kappa shape index (κ2) is 7.58. The number of pyridine rings is 1. The predicted molar refractivity (Wildman–Crippen MR) is 106 cm³/mol. The van der Waals surface area contributed by atoms with Gasteiger partial charge in [-0.3, -0.25) is 4.79 Å². The maximum atomic E-state index is 13.3. The third-order valence-electron chi connectivity index (χ3n) is 4.42. The van der Waals surface area contributed by atoms with E-state index in [9.17, 15) is 14.0 Å². The number of H-pyrrole nitrogens is 1. The lowest BCUT2D eigenvalue weighted by Crippen LogP contribution is -2.34. The molecule has 5 nitrogen and oxygen atoms in total. The van der Waals surface area contributed by atoms with Crippen molar-refractivity contribution in [3.05, 3.63) is 74.4 Å². The van der Waals surface area contributed by atoms with Crippen LogP contribution in [0.4, 0.5) is 14.9 Å². The van der Waals surface area contributed by atoms with Gasteiger partial charge in [0.25, 0.3) is 5.56 Å². The zero-order chi connectivity index (χ0) is 19.7. The Labute approximate surface area is 164 Å². The number of halogens is 3. The number of amides is 2. The average molecular weight is 408 g/mol. The molecule has 2 amide bonds. The number of nitrogens with one attached hydrogen (secondary N) is 2. The fourth-order valence-corrected chi connectivity index (χ4v) is 3.12. The van der Waals surface area contributed by atoms with Gasteiger partial charge in [0.15, 0.2) is 0 Å². The third-order valence-corrected chi connectivity index (χ3v) is 4.94. The molecule has 0 bridgehead atoms. The quantitative estimate of drug-likeness (QED) is 0.626. The fourth-order valence-electron chi connectivity index (χ4n) is 2.77. The van der Waals surface area contributed by atoms with Gasteiger partial charge in [0, 0.05) is 29.3 Å². The lowest BCUT2D eigenvalue weighted by atomic mass is 10.0. The molecule has 0 saturated heterocycles. The second-order valence-corrected chi connectivity index (χ2v) is 6.95. The molecular formula is C19H16Cl2FN3O2. The van der Waals surface area contributed by atoms with Crippen LogP contribution in [0.3, 0.4) is 0 Å². The lowest BCUT2D eigenvalue weighted by molar-refractivity contribution is 0.208. The number of benzene rings is 2. The SMILES string of the molecule is CC(c1c[nH]c(=O)c2cc(Cl)ccc12)N(C)C(=O)Nc1ccc(F)c(Cl)c1. The van der Waals surface area contributed by atoms with Crippen molar-refractivity contribution in [2.24, 2.45) is 0 Å². The van der Waals surface area contributed by atoms with Crippen molar-refractivity contribution in [2.45, 2.75) is 13.0 Å². The number of anilines is 1. The van der Waals surface area contributed by atoms with Crippen LogP contribution >= 0.6 is 23.2 Å². The Morgan fingerprint density at radius 3 is 2.63 bits per heavy atom. The van der Waals surface area contributed by atoms with Crippen LogP contribution in [0.1, 0.15) is 18.5 Å². The largest absolute Gasteiger partial charge is 0.328 e. The Bertz CT molecular complexity index is 1080. The molecule has 3 rings (SSSR count). The van der Waals surface area contributed by atoms with Gasteiger partial charge in [-0.25, -0.2) is 9.18 Å². The molecule has 2 aromatic carbocycles. The number of hydrogen-bond acceptors (Lipinski definition) is 2. The summed E-state index contributed by atoms with van der Waals surface area (Å²) in [6, 6.07) is 8.22. The van der Waals surface area contributed by atoms with Crippen LogP contribution in [0.5, 0.6) is 0 Å². The van der Waals surface area contributed by atoms with Crippen molar-refractivity contribution >= 4 is 45.7 Å². The number of aromatic amines is 1. The summed E-state index contributed by atoms with van der Waals surface area (Å²) in [4.78, 5) is 28.8. The first-order valence-electron chi connectivity index (χ1n) is 8.07. The predicted octanol–water partition coefficient (Wildman–Crippen LogP) is 5.20. The van der Waals surface area contributed by atoms with Gasteiger partial charge in [0.2, 0.25) is 0 Å². The maximum Gasteiger partial charge on any atom is 0.322 e. The first-order valence-corrected chi connectivity index (χ1v) is 8.83. The normalized spacial score (nSPS) is 12.0. The smallest absolute Gasteiger partial charge is 0.322 e. The molecule has 27 heavy (non-hydrogen) atoms. The topological polar surface area (TPSA) is 65.2 Å². The molecule has 1 heterocycles. The van der Waals surface area contributed by atoms with E-state index in [1.165, 1.54) is 23.1 Å². The molecule has 0 saturated carbocycles. The van der Waals surface area contributed by atoms with Crippen LogP contribution in [0, 0.1) is 5.82 Å². The minimum absolute atomic E-state index is 0.0768. The zero-order valence-corrected chi connectivity index (χ0v) is 16.0. The average Bonchev–Trinajstić information content (AvgIpc) is 2.64. The molecule has 140 valence electrons. The van der Waals surface area contributed by atoms with Gasteiger partial charge in [0.1, 0.15) is 5.82 Å². The monoisotopic (exact) mass is 407 g/mol. The van der Waals surface area contributed by atoms with E-state index in [0.717, 1.165) is 5.56 Å². The third kappa shape index (κ3) is 3.91. The molecule has 3 aromatic rings. The molecule has 8 heteroatoms. The second-order valence-electron chi connectivity index (χ2n) is 6.11. The van der Waals surface area contributed by atoms with Crippen molar-refractivity contribution < 1.29 is 9.18 Å². The Hall–Kier alpha value is -2.57. The van der Waals surface area contributed by atoms with E-state index >= 15 is 0 Å². The summed E-state index contributed by atoms with van der Waals surface area (Å²) in [7, 11) is 1.62. The molecule has 0 fully saturated rings. The van der Waals surface area contributed by atoms with Crippen molar-refractivity contribution in [1.29, 1.82) is 0 Å². The van der Waals surface area contributed by atoms with E-state index in [1.54, 1.807) is 31.4 Å². The first-order chi connectivity index (χ1) is 12.8. The summed E-state index contributed by atoms with van der Waals surface area (Å²) >= 11 is 11.7. The number of carbonyl (C=O) groups excluding carboxylic acids is 1. The van der Waals surface area contributed by atoms with Gasteiger partial charge in [-0.1, -0.05) is 29.3 Å². The zero-order valence-electron chi connectivity index (χ0n) is 14.5.